The third kappa shape index (κ3) is 6.11. The molecule has 0 atom stereocenters. The van der Waals surface area contributed by atoms with Crippen molar-refractivity contribution < 1.29 is 9.13 Å². The SMILES string of the molecule is Fc1ccc(COc2ccc(Cl)cc2CNCCc2ccc(Cl)cc2Cl)cc1. The molecular formula is C22H19Cl3FNO. The second kappa shape index (κ2) is 10.1. The van der Waals surface area contributed by atoms with Gasteiger partial charge < -0.3 is 10.1 Å². The summed E-state index contributed by atoms with van der Waals surface area (Å²) in [6.07, 6.45) is 0.780. The van der Waals surface area contributed by atoms with E-state index in [1.54, 1.807) is 24.3 Å². The lowest BCUT2D eigenvalue weighted by atomic mass is 10.1. The summed E-state index contributed by atoms with van der Waals surface area (Å²) >= 11 is 18.3. The van der Waals surface area contributed by atoms with E-state index in [1.165, 1.54) is 12.1 Å². The summed E-state index contributed by atoms with van der Waals surface area (Å²) in [7, 11) is 0. The van der Waals surface area contributed by atoms with Gasteiger partial charge in [-0.15, -0.1) is 0 Å². The van der Waals surface area contributed by atoms with Gasteiger partial charge >= 0.3 is 0 Å². The van der Waals surface area contributed by atoms with E-state index in [0.29, 0.717) is 28.2 Å². The molecule has 0 aliphatic rings. The van der Waals surface area contributed by atoms with Crippen molar-refractivity contribution in [2.45, 2.75) is 19.6 Å². The highest BCUT2D eigenvalue weighted by Gasteiger charge is 2.07. The molecule has 0 amide bonds. The number of benzene rings is 3. The molecule has 0 fully saturated rings. The highest BCUT2D eigenvalue weighted by Crippen LogP contribution is 2.24. The van der Waals surface area contributed by atoms with Gasteiger partial charge in [0.25, 0.3) is 0 Å². The fourth-order valence-corrected chi connectivity index (χ4v) is 3.44. The van der Waals surface area contributed by atoms with Crippen LogP contribution in [0.25, 0.3) is 0 Å². The predicted molar refractivity (Wildman–Crippen MR) is 114 cm³/mol. The van der Waals surface area contributed by atoms with Crippen molar-refractivity contribution in [3.63, 3.8) is 0 Å². The monoisotopic (exact) mass is 437 g/mol. The Labute approximate surface area is 179 Å². The zero-order valence-corrected chi connectivity index (χ0v) is 17.3. The standard InChI is InChI=1S/C22H19Cl3FNO/c23-18-5-8-22(28-14-15-1-6-20(26)7-2-15)17(11-18)13-27-10-9-16-3-4-19(24)12-21(16)25/h1-8,11-12,27H,9-10,13-14H2. The van der Waals surface area contributed by atoms with E-state index < -0.39 is 0 Å². The average molecular weight is 439 g/mol. The Morgan fingerprint density at radius 3 is 2.29 bits per heavy atom. The highest BCUT2D eigenvalue weighted by molar-refractivity contribution is 6.35. The summed E-state index contributed by atoms with van der Waals surface area (Å²) in [5.74, 6) is 0.478. The van der Waals surface area contributed by atoms with Crippen LogP contribution < -0.4 is 10.1 Å². The van der Waals surface area contributed by atoms with Crippen LogP contribution in [-0.4, -0.2) is 6.54 Å². The first-order valence-electron chi connectivity index (χ1n) is 8.81. The molecule has 0 heterocycles. The van der Waals surface area contributed by atoms with Crippen LogP contribution in [0.15, 0.2) is 60.7 Å². The van der Waals surface area contributed by atoms with Crippen LogP contribution in [0.4, 0.5) is 4.39 Å². The Morgan fingerprint density at radius 2 is 1.54 bits per heavy atom. The lowest BCUT2D eigenvalue weighted by Crippen LogP contribution is -2.17. The summed E-state index contributed by atoms with van der Waals surface area (Å²) in [5.41, 5.74) is 2.89. The van der Waals surface area contributed by atoms with Gasteiger partial charge in [0, 0.05) is 27.2 Å². The smallest absolute Gasteiger partial charge is 0.124 e. The second-order valence-electron chi connectivity index (χ2n) is 6.33. The van der Waals surface area contributed by atoms with Crippen LogP contribution in [-0.2, 0) is 19.6 Å². The minimum absolute atomic E-state index is 0.263. The number of hydrogen-bond donors (Lipinski definition) is 1. The van der Waals surface area contributed by atoms with Crippen LogP contribution in [0.1, 0.15) is 16.7 Å². The van der Waals surface area contributed by atoms with Gasteiger partial charge in [0.15, 0.2) is 0 Å². The van der Waals surface area contributed by atoms with Crippen molar-refractivity contribution >= 4 is 34.8 Å². The fourth-order valence-electron chi connectivity index (χ4n) is 2.74. The van der Waals surface area contributed by atoms with Crippen LogP contribution in [0.3, 0.4) is 0 Å². The van der Waals surface area contributed by atoms with Crippen molar-refractivity contribution in [3.05, 3.63) is 98.2 Å². The Balaban J connectivity index is 1.56. The van der Waals surface area contributed by atoms with Crippen molar-refractivity contribution in [3.8, 4) is 5.75 Å². The lowest BCUT2D eigenvalue weighted by Gasteiger charge is -2.13. The first-order chi connectivity index (χ1) is 13.5. The summed E-state index contributed by atoms with van der Waals surface area (Å²) in [5, 5.41) is 5.33. The number of ether oxygens (including phenoxy) is 1. The summed E-state index contributed by atoms with van der Waals surface area (Å²) in [6, 6.07) is 17.3. The molecular weight excluding hydrogens is 420 g/mol. The Hall–Kier alpha value is -1.78. The van der Waals surface area contributed by atoms with Crippen LogP contribution in [0.2, 0.25) is 15.1 Å². The van der Waals surface area contributed by atoms with E-state index in [2.05, 4.69) is 5.32 Å². The van der Waals surface area contributed by atoms with Crippen molar-refractivity contribution in [1.82, 2.24) is 5.32 Å². The maximum atomic E-state index is 13.0. The van der Waals surface area contributed by atoms with Gasteiger partial charge in [-0.1, -0.05) is 53.0 Å². The molecule has 2 nitrogen and oxygen atoms in total. The van der Waals surface area contributed by atoms with Gasteiger partial charge in [-0.2, -0.15) is 0 Å². The van der Waals surface area contributed by atoms with E-state index in [1.807, 2.05) is 24.3 Å². The van der Waals surface area contributed by atoms with Crippen molar-refractivity contribution in [1.29, 1.82) is 0 Å². The molecule has 146 valence electrons. The van der Waals surface area contributed by atoms with E-state index in [4.69, 9.17) is 39.5 Å². The molecule has 3 aromatic rings. The molecule has 0 aromatic heterocycles. The van der Waals surface area contributed by atoms with Crippen LogP contribution in [0.5, 0.6) is 5.75 Å². The Morgan fingerprint density at radius 1 is 0.821 bits per heavy atom. The number of rotatable bonds is 8. The van der Waals surface area contributed by atoms with Crippen LogP contribution in [0, 0.1) is 5.82 Å². The fraction of sp³-hybridized carbons (Fsp3) is 0.182. The number of nitrogens with one attached hydrogen (secondary N) is 1. The van der Waals surface area contributed by atoms with Gasteiger partial charge in [-0.3, -0.25) is 0 Å². The van der Waals surface area contributed by atoms with Gasteiger partial charge in [-0.25, -0.2) is 4.39 Å². The minimum Gasteiger partial charge on any atom is -0.489 e. The molecule has 0 radical (unpaired) electrons. The number of halogens is 4. The Bertz CT molecular complexity index is 932. The first kappa shape index (κ1) is 20.9. The molecule has 0 saturated heterocycles. The molecule has 0 unspecified atom stereocenters. The quantitative estimate of drug-likeness (QED) is 0.395. The number of hydrogen-bond acceptors (Lipinski definition) is 2. The summed E-state index contributed by atoms with van der Waals surface area (Å²) < 4.78 is 18.9. The molecule has 0 saturated carbocycles. The molecule has 28 heavy (non-hydrogen) atoms. The van der Waals surface area contributed by atoms with Crippen molar-refractivity contribution in [2.75, 3.05) is 6.54 Å². The third-order valence-corrected chi connectivity index (χ3v) is 5.05. The lowest BCUT2D eigenvalue weighted by molar-refractivity contribution is 0.302. The van der Waals surface area contributed by atoms with Gasteiger partial charge in [-0.05, 0) is 66.6 Å². The highest BCUT2D eigenvalue weighted by atomic mass is 35.5. The molecule has 0 aliphatic carbocycles. The summed E-state index contributed by atoms with van der Waals surface area (Å²) in [4.78, 5) is 0. The largest absolute Gasteiger partial charge is 0.489 e. The Kier molecular flexibility index (Phi) is 7.57. The summed E-state index contributed by atoms with van der Waals surface area (Å²) in [6.45, 7) is 1.70. The molecule has 1 N–H and O–H groups in total. The maximum Gasteiger partial charge on any atom is 0.124 e. The molecule has 0 spiro atoms. The van der Waals surface area contributed by atoms with Gasteiger partial charge in [0.1, 0.15) is 18.2 Å². The van der Waals surface area contributed by atoms with Gasteiger partial charge in [0.05, 0.1) is 0 Å². The van der Waals surface area contributed by atoms with Gasteiger partial charge in [0.2, 0.25) is 0 Å². The van der Waals surface area contributed by atoms with E-state index in [9.17, 15) is 4.39 Å². The zero-order chi connectivity index (χ0) is 19.9. The normalized spacial score (nSPS) is 10.9. The molecule has 0 aliphatic heterocycles. The maximum absolute atomic E-state index is 13.0. The molecule has 3 rings (SSSR count). The minimum atomic E-state index is -0.263. The third-order valence-electron chi connectivity index (χ3n) is 4.23. The average Bonchev–Trinajstić information content (AvgIpc) is 2.67. The van der Waals surface area contributed by atoms with E-state index in [-0.39, 0.29) is 5.82 Å². The van der Waals surface area contributed by atoms with Crippen molar-refractivity contribution in [2.24, 2.45) is 0 Å². The van der Waals surface area contributed by atoms with Crippen LogP contribution >= 0.6 is 34.8 Å². The molecule has 0 bridgehead atoms. The zero-order valence-electron chi connectivity index (χ0n) is 15.0. The van der Waals surface area contributed by atoms with E-state index in [0.717, 1.165) is 35.4 Å². The first-order valence-corrected chi connectivity index (χ1v) is 9.95. The predicted octanol–water partition coefficient (Wildman–Crippen LogP) is 6.70. The topological polar surface area (TPSA) is 21.3 Å². The van der Waals surface area contributed by atoms with E-state index >= 15 is 0 Å². The molecule has 3 aromatic carbocycles. The molecule has 6 heteroatoms. The second-order valence-corrected chi connectivity index (χ2v) is 7.61.